The number of benzene rings is 6. The van der Waals surface area contributed by atoms with Gasteiger partial charge in [-0.15, -0.1) is 0 Å². The molecule has 1 aliphatic carbocycles. The third-order valence-electron chi connectivity index (χ3n) is 11.6. The first-order valence-corrected chi connectivity index (χ1v) is 20.9. The van der Waals surface area contributed by atoms with Gasteiger partial charge in [-0.1, -0.05) is 0 Å². The molecule has 7 rings (SSSR count). The molecule has 6 aromatic rings. The van der Waals surface area contributed by atoms with Crippen LogP contribution in [-0.2, 0) is 39.7 Å². The topological polar surface area (TPSA) is 0 Å². The molecule has 0 nitrogen and oxygen atoms in total. The van der Waals surface area contributed by atoms with E-state index in [-0.39, 0.29) is 59.7 Å². The van der Waals surface area contributed by atoms with E-state index in [1.54, 1.807) is 0 Å². The number of hydrogen-bond acceptors (Lipinski definition) is 0. The molecule has 0 amide bonds. The summed E-state index contributed by atoms with van der Waals surface area (Å²) in [6.45, 7) is 9.32. The first-order chi connectivity index (χ1) is 25.5. The molecular formula is C48H42Cl3F3SiTi. The summed E-state index contributed by atoms with van der Waals surface area (Å²) in [6, 6.07) is 47.9. The van der Waals surface area contributed by atoms with E-state index in [0.717, 1.165) is 36.0 Å². The molecule has 8 heteroatoms. The zero-order valence-electron chi connectivity index (χ0n) is 31.7. The Kier molecular flexibility index (Phi) is 15.1. The van der Waals surface area contributed by atoms with Crippen LogP contribution in [0.15, 0.2) is 166 Å². The van der Waals surface area contributed by atoms with E-state index in [1.807, 2.05) is 36.4 Å². The van der Waals surface area contributed by atoms with Gasteiger partial charge in [0.2, 0.25) is 0 Å². The van der Waals surface area contributed by atoms with Crippen molar-refractivity contribution in [1.29, 1.82) is 0 Å². The number of rotatable bonds is 10. The Morgan fingerprint density at radius 1 is 0.411 bits per heavy atom. The van der Waals surface area contributed by atoms with Gasteiger partial charge >= 0.3 is 313 Å². The molecule has 56 heavy (non-hydrogen) atoms. The SMILES string of the molecule is CC1=C(C)C(C)([Si](c2ccc(Cc3ccc(F)cc3)cc2)(c2ccc(Cc3ccc(F)cc3)cc2)c2ccc(Cc3ccc(F)cc3)cc2)[C]([Ti+3])=C1C.[Cl-].[Cl-].[Cl-]. The van der Waals surface area contributed by atoms with Crippen molar-refractivity contribution in [3.63, 3.8) is 0 Å². The molecule has 1 atom stereocenters. The average molecular weight is 858 g/mol. The van der Waals surface area contributed by atoms with Crippen molar-refractivity contribution in [2.45, 2.75) is 52.0 Å². The summed E-state index contributed by atoms with van der Waals surface area (Å²) < 4.78 is 42.5. The molecule has 6 aromatic carbocycles. The molecule has 0 aliphatic heterocycles. The molecule has 0 N–H and O–H groups in total. The smallest absolute Gasteiger partial charge is 1.00 e. The molecule has 0 saturated heterocycles. The Bertz CT molecular complexity index is 2060. The molecule has 0 heterocycles. The zero-order valence-corrected chi connectivity index (χ0v) is 36.6. The average Bonchev–Trinajstić information content (AvgIpc) is 3.32. The van der Waals surface area contributed by atoms with E-state index in [1.165, 1.54) is 89.2 Å². The van der Waals surface area contributed by atoms with Crippen LogP contribution in [0.5, 0.6) is 0 Å². The number of halogens is 6. The Labute approximate surface area is 361 Å². The predicted octanol–water partition coefficient (Wildman–Crippen LogP) is 1.29. The third kappa shape index (κ3) is 8.62. The monoisotopic (exact) mass is 856 g/mol. The number of allylic oxidation sites excluding steroid dienone is 4. The van der Waals surface area contributed by atoms with Gasteiger partial charge in [0.25, 0.3) is 0 Å². The van der Waals surface area contributed by atoms with Crippen LogP contribution in [0.1, 0.15) is 61.1 Å². The maximum Gasteiger partial charge on any atom is -1.00 e. The molecule has 0 spiro atoms. The van der Waals surface area contributed by atoms with Crippen molar-refractivity contribution >= 4 is 23.6 Å². The molecule has 1 unspecified atom stereocenters. The largest absolute Gasteiger partial charge is 1.00 e. The standard InChI is InChI=1S/C48H42F3Si.3ClH.Ti/c1-33-32-48(4,35(3)34(33)2)52(45-23-11-39(12-24-45)29-36-5-17-42(49)18-6-36,46-25-13-40(14-26-46)30-37-7-19-43(50)20-8-37)47-27-15-41(16-28-47)31-38-9-21-44(51)22-10-38;;;;/h5-28H,29-31H2,1-4H3;3*1H;/q;;;;+3/p-3. The normalized spacial score (nSPS) is 15.2. The van der Waals surface area contributed by atoms with Gasteiger partial charge in [0, 0.05) is 0 Å². The molecule has 1 aliphatic rings. The fourth-order valence-electron chi connectivity index (χ4n) is 8.37. The maximum absolute atomic E-state index is 13.7. The van der Waals surface area contributed by atoms with Crippen LogP contribution in [-0.4, -0.2) is 8.07 Å². The summed E-state index contributed by atoms with van der Waals surface area (Å²) in [4.78, 5) is 0. The zero-order chi connectivity index (χ0) is 37.3. The Balaban J connectivity index is 0.00000232. The van der Waals surface area contributed by atoms with Gasteiger partial charge in [-0.05, 0) is 0 Å². The van der Waals surface area contributed by atoms with Crippen molar-refractivity contribution in [2.24, 2.45) is 0 Å². The van der Waals surface area contributed by atoms with Crippen molar-refractivity contribution < 1.29 is 70.8 Å². The molecule has 0 aromatic heterocycles. The summed E-state index contributed by atoms with van der Waals surface area (Å²) in [7, 11) is -2.96. The second kappa shape index (κ2) is 18.8. The molecule has 0 bridgehead atoms. The van der Waals surface area contributed by atoms with Gasteiger partial charge in [-0.3, -0.25) is 0 Å². The van der Waals surface area contributed by atoms with E-state index in [2.05, 4.69) is 121 Å². The van der Waals surface area contributed by atoms with Crippen LogP contribution in [0.2, 0.25) is 5.04 Å². The van der Waals surface area contributed by atoms with Gasteiger partial charge in [-0.25, -0.2) is 13.2 Å². The van der Waals surface area contributed by atoms with Crippen LogP contribution in [0.3, 0.4) is 0 Å². The van der Waals surface area contributed by atoms with Gasteiger partial charge in [0.15, 0.2) is 0 Å². The van der Waals surface area contributed by atoms with Crippen LogP contribution in [0.25, 0.3) is 0 Å². The first-order valence-electron chi connectivity index (χ1n) is 18.1. The summed E-state index contributed by atoms with van der Waals surface area (Å²) in [6.07, 6.45) is 2.16. The van der Waals surface area contributed by atoms with Gasteiger partial charge in [0.1, 0.15) is 0 Å². The van der Waals surface area contributed by atoms with E-state index >= 15 is 0 Å². The maximum atomic E-state index is 13.7. The summed E-state index contributed by atoms with van der Waals surface area (Å²) in [5.41, 5.74) is 10.9. The molecule has 0 saturated carbocycles. The van der Waals surface area contributed by atoms with E-state index in [9.17, 15) is 13.2 Å². The molecule has 284 valence electrons. The van der Waals surface area contributed by atoms with E-state index in [0.29, 0.717) is 0 Å². The number of hydrogen-bond donors (Lipinski definition) is 0. The minimum absolute atomic E-state index is 0. The van der Waals surface area contributed by atoms with Crippen molar-refractivity contribution in [3.8, 4) is 0 Å². The van der Waals surface area contributed by atoms with Crippen molar-refractivity contribution in [2.75, 3.05) is 0 Å². The second-order valence-corrected chi connectivity index (χ2v) is 19.6. The summed E-state index contributed by atoms with van der Waals surface area (Å²) >= 11 is 2.33. The quantitative estimate of drug-likeness (QED) is 0.144. The van der Waals surface area contributed by atoms with Gasteiger partial charge in [-0.2, -0.15) is 0 Å². The van der Waals surface area contributed by atoms with Gasteiger partial charge < -0.3 is 37.2 Å². The summed E-state index contributed by atoms with van der Waals surface area (Å²) in [5.74, 6) is -0.682. The van der Waals surface area contributed by atoms with Crippen LogP contribution in [0, 0.1) is 17.5 Å². The Hall–Kier alpha value is -3.61. The second-order valence-electron chi connectivity index (χ2n) is 14.6. The summed E-state index contributed by atoms with van der Waals surface area (Å²) in [5, 5.41) is 3.68. The first kappa shape index (κ1) is 45.1. The fourth-order valence-corrected chi connectivity index (χ4v) is 15.9. The third-order valence-corrected chi connectivity index (χ3v) is 19.1. The van der Waals surface area contributed by atoms with Crippen LogP contribution in [0.4, 0.5) is 13.2 Å². The minimum atomic E-state index is -2.96. The minimum Gasteiger partial charge on any atom is -1.00 e. The van der Waals surface area contributed by atoms with Gasteiger partial charge in [0.05, 0.1) is 0 Å². The predicted molar refractivity (Wildman–Crippen MR) is 211 cm³/mol. The van der Waals surface area contributed by atoms with Crippen LogP contribution < -0.4 is 52.8 Å². The fraction of sp³-hybridized carbons (Fsp3) is 0.167. The Morgan fingerprint density at radius 2 is 0.643 bits per heavy atom. The van der Waals surface area contributed by atoms with E-state index in [4.69, 9.17) is 0 Å². The van der Waals surface area contributed by atoms with Crippen molar-refractivity contribution in [1.82, 2.24) is 0 Å². The van der Waals surface area contributed by atoms with Crippen molar-refractivity contribution in [3.05, 3.63) is 217 Å². The Morgan fingerprint density at radius 3 is 0.857 bits per heavy atom. The molecule has 0 fully saturated rings. The molecular weight excluding hydrogens is 816 g/mol. The van der Waals surface area contributed by atoms with Crippen LogP contribution >= 0.6 is 0 Å². The van der Waals surface area contributed by atoms with E-state index < -0.39 is 8.07 Å². The molecule has 0 radical (unpaired) electrons.